The molecule has 1 atom stereocenters. The lowest BCUT2D eigenvalue weighted by molar-refractivity contribution is -0.137. The van der Waals surface area contributed by atoms with Crippen LogP contribution in [-0.2, 0) is 14.8 Å². The molecule has 24 heavy (non-hydrogen) atoms. The Morgan fingerprint density at radius 1 is 1.17 bits per heavy atom. The van der Waals surface area contributed by atoms with Crippen molar-refractivity contribution in [2.24, 2.45) is 5.92 Å². The van der Waals surface area contributed by atoms with Gasteiger partial charge in [0.15, 0.2) is 0 Å². The molecule has 128 valence electrons. The topological polar surface area (TPSA) is 74.7 Å². The Labute approximate surface area is 142 Å². The number of hydrogen-bond acceptors (Lipinski definition) is 3. The maximum atomic E-state index is 12.8. The number of carbonyl (C=O) groups is 1. The van der Waals surface area contributed by atoms with Crippen LogP contribution in [0.3, 0.4) is 0 Å². The zero-order valence-corrected chi connectivity index (χ0v) is 14.4. The zero-order chi connectivity index (χ0) is 17.3. The summed E-state index contributed by atoms with van der Waals surface area (Å²) in [6, 6.07) is 11.0. The van der Waals surface area contributed by atoms with Crippen LogP contribution < -0.4 is 4.31 Å². The van der Waals surface area contributed by atoms with Crippen LogP contribution in [0.2, 0.25) is 0 Å². The van der Waals surface area contributed by atoms with E-state index in [2.05, 4.69) is 0 Å². The molecule has 1 aliphatic heterocycles. The summed E-state index contributed by atoms with van der Waals surface area (Å²) in [6.07, 6.45) is 2.29. The highest BCUT2D eigenvalue weighted by atomic mass is 32.2. The van der Waals surface area contributed by atoms with E-state index in [0.29, 0.717) is 24.3 Å². The molecule has 2 aromatic rings. The summed E-state index contributed by atoms with van der Waals surface area (Å²) in [7, 11) is -3.49. The van der Waals surface area contributed by atoms with E-state index in [1.807, 2.05) is 31.2 Å². The fourth-order valence-corrected chi connectivity index (χ4v) is 5.01. The Balaban J connectivity index is 1.76. The van der Waals surface area contributed by atoms with Crippen molar-refractivity contribution < 1.29 is 18.3 Å². The van der Waals surface area contributed by atoms with Crippen LogP contribution in [0.5, 0.6) is 0 Å². The van der Waals surface area contributed by atoms with Crippen LogP contribution in [0, 0.1) is 5.92 Å². The molecule has 0 saturated carbocycles. The fraction of sp³-hybridized carbons (Fsp3) is 0.389. The van der Waals surface area contributed by atoms with Gasteiger partial charge in [0.05, 0.1) is 10.6 Å². The minimum atomic E-state index is -3.49. The number of carboxylic acids is 1. The molecule has 1 N–H and O–H groups in total. The van der Waals surface area contributed by atoms with Gasteiger partial charge in [0.1, 0.15) is 0 Å². The normalized spacial score (nSPS) is 16.5. The molecule has 0 bridgehead atoms. The first-order chi connectivity index (χ1) is 11.4. The van der Waals surface area contributed by atoms with Gasteiger partial charge in [-0.05, 0) is 36.3 Å². The van der Waals surface area contributed by atoms with Crippen molar-refractivity contribution in [3.8, 4) is 0 Å². The molecule has 5 nitrogen and oxygen atoms in total. The van der Waals surface area contributed by atoms with Gasteiger partial charge in [-0.1, -0.05) is 37.6 Å². The first kappa shape index (κ1) is 16.8. The molecular formula is C18H21NO4S. The van der Waals surface area contributed by atoms with Crippen LogP contribution in [0.4, 0.5) is 5.69 Å². The summed E-state index contributed by atoms with van der Waals surface area (Å²) in [5.41, 5.74) is 0.751. The highest BCUT2D eigenvalue weighted by Gasteiger charge is 2.35. The van der Waals surface area contributed by atoms with E-state index in [0.717, 1.165) is 22.9 Å². The highest BCUT2D eigenvalue weighted by molar-refractivity contribution is 7.93. The predicted octanol–water partition coefficient (Wildman–Crippen LogP) is 3.63. The zero-order valence-electron chi connectivity index (χ0n) is 13.6. The number of sulfonamides is 1. The van der Waals surface area contributed by atoms with Gasteiger partial charge in [0.2, 0.25) is 0 Å². The van der Waals surface area contributed by atoms with Crippen molar-refractivity contribution in [3.05, 3.63) is 36.4 Å². The number of benzene rings is 2. The van der Waals surface area contributed by atoms with Gasteiger partial charge in [-0.25, -0.2) is 8.42 Å². The largest absolute Gasteiger partial charge is 0.481 e. The first-order valence-corrected chi connectivity index (χ1v) is 9.61. The highest BCUT2D eigenvalue weighted by Crippen LogP contribution is 2.42. The van der Waals surface area contributed by atoms with Gasteiger partial charge in [-0.15, -0.1) is 0 Å². The summed E-state index contributed by atoms with van der Waals surface area (Å²) >= 11 is 0. The van der Waals surface area contributed by atoms with E-state index in [4.69, 9.17) is 5.11 Å². The van der Waals surface area contributed by atoms with Crippen molar-refractivity contribution in [2.75, 3.05) is 10.8 Å². The van der Waals surface area contributed by atoms with Gasteiger partial charge < -0.3 is 5.11 Å². The average Bonchev–Trinajstić information content (AvgIpc) is 2.75. The minimum absolute atomic E-state index is 0.164. The van der Waals surface area contributed by atoms with Gasteiger partial charge in [-0.3, -0.25) is 9.10 Å². The molecule has 0 amide bonds. The standard InChI is InChI=1S/C18H21NO4S/c1-13(5-2-10-17(20)21)11-12-19-15-8-3-6-14-7-4-9-16(18(14)15)24(19,22)23/h3-4,6-9,13H,2,5,10-12H2,1H3,(H,20,21). The van der Waals surface area contributed by atoms with Gasteiger partial charge in [0, 0.05) is 18.4 Å². The smallest absolute Gasteiger partial charge is 0.303 e. The number of aliphatic carboxylic acids is 1. The number of nitrogens with zero attached hydrogens (tertiary/aromatic N) is 1. The molecule has 0 fully saturated rings. The molecule has 0 radical (unpaired) electrons. The lowest BCUT2D eigenvalue weighted by Gasteiger charge is -2.21. The van der Waals surface area contributed by atoms with E-state index in [1.54, 1.807) is 12.1 Å². The Bertz CT molecular complexity index is 870. The summed E-state index contributed by atoms with van der Waals surface area (Å²) < 4.78 is 27.2. The number of carboxylic acid groups (broad SMARTS) is 1. The minimum Gasteiger partial charge on any atom is -0.481 e. The van der Waals surface area contributed by atoms with Crippen molar-refractivity contribution in [1.29, 1.82) is 0 Å². The van der Waals surface area contributed by atoms with E-state index in [9.17, 15) is 13.2 Å². The van der Waals surface area contributed by atoms with Crippen LogP contribution in [0.1, 0.15) is 32.6 Å². The second-order valence-electron chi connectivity index (χ2n) is 6.39. The molecule has 3 rings (SSSR count). The lowest BCUT2D eigenvalue weighted by Crippen LogP contribution is -2.29. The number of anilines is 1. The van der Waals surface area contributed by atoms with E-state index in [1.165, 1.54) is 4.31 Å². The third-order valence-corrected chi connectivity index (χ3v) is 6.45. The third kappa shape index (κ3) is 2.98. The summed E-state index contributed by atoms with van der Waals surface area (Å²) in [6.45, 7) is 2.46. The summed E-state index contributed by atoms with van der Waals surface area (Å²) in [5, 5.41) is 10.4. The van der Waals surface area contributed by atoms with E-state index >= 15 is 0 Å². The quantitative estimate of drug-likeness (QED) is 0.830. The molecule has 0 saturated heterocycles. The monoisotopic (exact) mass is 347 g/mol. The molecule has 0 aliphatic carbocycles. The van der Waals surface area contributed by atoms with E-state index < -0.39 is 16.0 Å². The summed E-state index contributed by atoms with van der Waals surface area (Å²) in [5.74, 6) is -0.506. The van der Waals surface area contributed by atoms with Crippen LogP contribution in [0.15, 0.2) is 41.3 Å². The van der Waals surface area contributed by atoms with Crippen LogP contribution in [0.25, 0.3) is 10.8 Å². The molecular weight excluding hydrogens is 326 g/mol. The molecule has 0 aromatic heterocycles. The SMILES string of the molecule is CC(CCCC(=O)O)CCN1c2cccc3cccc(c23)S1(=O)=O. The molecule has 6 heteroatoms. The van der Waals surface area contributed by atoms with Gasteiger partial charge >= 0.3 is 5.97 Å². The molecule has 1 aliphatic rings. The molecule has 1 unspecified atom stereocenters. The second kappa shape index (κ2) is 6.43. The lowest BCUT2D eigenvalue weighted by atomic mass is 10.0. The van der Waals surface area contributed by atoms with Gasteiger partial charge in [0.25, 0.3) is 10.0 Å². The van der Waals surface area contributed by atoms with Crippen LogP contribution >= 0.6 is 0 Å². The maximum absolute atomic E-state index is 12.8. The summed E-state index contributed by atoms with van der Waals surface area (Å²) in [4.78, 5) is 11.0. The average molecular weight is 347 g/mol. The Hall–Kier alpha value is -2.08. The van der Waals surface area contributed by atoms with Crippen molar-refractivity contribution >= 4 is 32.5 Å². The van der Waals surface area contributed by atoms with Crippen molar-refractivity contribution in [1.82, 2.24) is 0 Å². The van der Waals surface area contributed by atoms with Gasteiger partial charge in [-0.2, -0.15) is 0 Å². The predicted molar refractivity (Wildman–Crippen MR) is 93.7 cm³/mol. The van der Waals surface area contributed by atoms with Crippen LogP contribution in [-0.4, -0.2) is 26.0 Å². The number of rotatable bonds is 7. The Kier molecular flexibility index (Phi) is 4.49. The van der Waals surface area contributed by atoms with Crippen molar-refractivity contribution in [2.45, 2.75) is 37.5 Å². The number of hydrogen-bond donors (Lipinski definition) is 1. The fourth-order valence-electron chi connectivity index (χ4n) is 3.28. The van der Waals surface area contributed by atoms with Crippen molar-refractivity contribution in [3.63, 3.8) is 0 Å². The maximum Gasteiger partial charge on any atom is 0.303 e. The molecule has 1 heterocycles. The first-order valence-electron chi connectivity index (χ1n) is 8.17. The third-order valence-electron chi connectivity index (χ3n) is 4.59. The second-order valence-corrected chi connectivity index (χ2v) is 8.22. The Morgan fingerprint density at radius 3 is 2.58 bits per heavy atom. The molecule has 2 aromatic carbocycles. The molecule has 0 spiro atoms. The van der Waals surface area contributed by atoms with E-state index in [-0.39, 0.29) is 12.3 Å². The Morgan fingerprint density at radius 2 is 1.88 bits per heavy atom.